The first kappa shape index (κ1) is 13.4. The van der Waals surface area contributed by atoms with E-state index in [0.29, 0.717) is 12.6 Å². The second-order valence-electron chi connectivity index (χ2n) is 5.73. The molecule has 0 radical (unpaired) electrons. The van der Waals surface area contributed by atoms with Gasteiger partial charge in [-0.2, -0.15) is 0 Å². The number of nitrogens with zero attached hydrogens (tertiary/aromatic N) is 2. The van der Waals surface area contributed by atoms with Gasteiger partial charge in [-0.15, -0.1) is 0 Å². The molecule has 2 unspecified atom stereocenters. The van der Waals surface area contributed by atoms with Crippen molar-refractivity contribution in [2.75, 3.05) is 19.6 Å². The molecule has 0 spiro atoms. The molecular formula is C15H19FN2O2. The maximum absolute atomic E-state index is 13.8. The van der Waals surface area contributed by atoms with Crippen molar-refractivity contribution in [3.63, 3.8) is 0 Å². The number of hydrogen-bond acceptors (Lipinski definition) is 3. The zero-order valence-electron chi connectivity index (χ0n) is 11.6. The molecule has 4 nitrogen and oxygen atoms in total. The van der Waals surface area contributed by atoms with E-state index in [4.69, 9.17) is 0 Å². The van der Waals surface area contributed by atoms with Gasteiger partial charge in [-0.25, -0.2) is 4.39 Å². The van der Waals surface area contributed by atoms with E-state index in [2.05, 4.69) is 4.90 Å². The number of aromatic hydroxyl groups is 1. The van der Waals surface area contributed by atoms with Crippen LogP contribution in [0.3, 0.4) is 0 Å². The first-order valence-electron chi connectivity index (χ1n) is 7.10. The largest absolute Gasteiger partial charge is 0.507 e. The predicted octanol–water partition coefficient (Wildman–Crippen LogP) is 1.84. The molecule has 0 bridgehead atoms. The number of piperazine rings is 1. The highest BCUT2D eigenvalue weighted by molar-refractivity contribution is 5.97. The first-order valence-corrected chi connectivity index (χ1v) is 7.10. The van der Waals surface area contributed by atoms with Crippen LogP contribution in [0.5, 0.6) is 5.75 Å². The van der Waals surface area contributed by atoms with E-state index in [9.17, 15) is 14.3 Å². The van der Waals surface area contributed by atoms with E-state index in [1.54, 1.807) is 4.90 Å². The molecule has 2 aliphatic heterocycles. The summed E-state index contributed by atoms with van der Waals surface area (Å²) in [4.78, 5) is 16.6. The minimum atomic E-state index is -0.656. The van der Waals surface area contributed by atoms with Crippen LogP contribution in [-0.4, -0.2) is 52.5 Å². The van der Waals surface area contributed by atoms with Crippen molar-refractivity contribution in [1.82, 2.24) is 9.80 Å². The maximum Gasteiger partial charge on any atom is 0.260 e. The highest BCUT2D eigenvalue weighted by Gasteiger charge is 2.37. The standard InChI is InChI=1S/C15H19FN2O2/c1-10-8-17-7-3-4-11(17)9-18(10)15(20)14-12(16)5-2-6-13(14)19/h2,5-6,10-11,19H,3-4,7-9H2,1H3. The van der Waals surface area contributed by atoms with E-state index in [1.165, 1.54) is 18.2 Å². The number of benzene rings is 1. The molecule has 0 aliphatic carbocycles. The smallest absolute Gasteiger partial charge is 0.260 e. The quantitative estimate of drug-likeness (QED) is 0.852. The van der Waals surface area contributed by atoms with Gasteiger partial charge in [0.15, 0.2) is 0 Å². The Balaban J connectivity index is 1.86. The molecule has 1 aromatic carbocycles. The third kappa shape index (κ3) is 2.16. The number of hydrogen-bond donors (Lipinski definition) is 1. The summed E-state index contributed by atoms with van der Waals surface area (Å²) in [6.45, 7) is 4.51. The Hall–Kier alpha value is -1.62. The second kappa shape index (κ2) is 5.05. The van der Waals surface area contributed by atoms with Crippen molar-refractivity contribution >= 4 is 5.91 Å². The third-order valence-corrected chi connectivity index (χ3v) is 4.40. The fourth-order valence-electron chi connectivity index (χ4n) is 3.34. The fourth-order valence-corrected chi connectivity index (χ4v) is 3.34. The topological polar surface area (TPSA) is 43.8 Å². The zero-order chi connectivity index (χ0) is 14.3. The molecule has 2 aliphatic rings. The van der Waals surface area contributed by atoms with Crippen LogP contribution in [0, 0.1) is 5.82 Å². The van der Waals surface area contributed by atoms with Crippen molar-refractivity contribution in [3.8, 4) is 5.75 Å². The van der Waals surface area contributed by atoms with Crippen LogP contribution in [0.2, 0.25) is 0 Å². The Morgan fingerprint density at radius 1 is 1.40 bits per heavy atom. The summed E-state index contributed by atoms with van der Waals surface area (Å²) in [5, 5.41) is 9.77. The zero-order valence-corrected chi connectivity index (χ0v) is 11.6. The minimum absolute atomic E-state index is 0.0378. The van der Waals surface area contributed by atoms with E-state index < -0.39 is 11.7 Å². The van der Waals surface area contributed by atoms with Gasteiger partial charge in [0.05, 0.1) is 0 Å². The molecule has 5 heteroatoms. The predicted molar refractivity (Wildman–Crippen MR) is 73.2 cm³/mol. The number of halogens is 1. The van der Waals surface area contributed by atoms with Gasteiger partial charge in [0.2, 0.25) is 0 Å². The lowest BCUT2D eigenvalue weighted by Gasteiger charge is -2.42. The normalized spacial score (nSPS) is 26.6. The number of phenols is 1. The van der Waals surface area contributed by atoms with Gasteiger partial charge in [-0.1, -0.05) is 6.07 Å². The fraction of sp³-hybridized carbons (Fsp3) is 0.533. The highest BCUT2D eigenvalue weighted by Crippen LogP contribution is 2.28. The van der Waals surface area contributed by atoms with Crippen molar-refractivity contribution in [2.24, 2.45) is 0 Å². The lowest BCUT2D eigenvalue weighted by molar-refractivity contribution is 0.0389. The molecule has 0 saturated carbocycles. The van der Waals surface area contributed by atoms with Crippen LogP contribution in [-0.2, 0) is 0 Å². The van der Waals surface area contributed by atoms with E-state index in [1.807, 2.05) is 6.92 Å². The van der Waals surface area contributed by atoms with Gasteiger partial charge >= 0.3 is 0 Å². The van der Waals surface area contributed by atoms with Crippen molar-refractivity contribution in [2.45, 2.75) is 31.8 Å². The van der Waals surface area contributed by atoms with Crippen LogP contribution < -0.4 is 0 Å². The summed E-state index contributed by atoms with van der Waals surface area (Å²) in [6.07, 6.45) is 2.24. The minimum Gasteiger partial charge on any atom is -0.507 e. The lowest BCUT2D eigenvalue weighted by atomic mass is 10.1. The van der Waals surface area contributed by atoms with E-state index >= 15 is 0 Å². The average molecular weight is 278 g/mol. The number of fused-ring (bicyclic) bond motifs is 1. The molecule has 2 atom stereocenters. The summed E-state index contributed by atoms with van der Waals surface area (Å²) in [5.74, 6) is -1.34. The number of carbonyl (C=O) groups excluding carboxylic acids is 1. The van der Waals surface area contributed by atoms with Gasteiger partial charge in [0.25, 0.3) is 5.91 Å². The van der Waals surface area contributed by atoms with Gasteiger partial charge in [0.1, 0.15) is 17.1 Å². The Morgan fingerprint density at radius 3 is 2.95 bits per heavy atom. The summed E-state index contributed by atoms with van der Waals surface area (Å²) in [5.41, 5.74) is -0.203. The molecule has 1 aromatic rings. The van der Waals surface area contributed by atoms with Gasteiger partial charge in [-0.05, 0) is 38.4 Å². The van der Waals surface area contributed by atoms with E-state index in [-0.39, 0.29) is 17.4 Å². The van der Waals surface area contributed by atoms with Crippen molar-refractivity contribution in [1.29, 1.82) is 0 Å². The Kier molecular flexibility index (Phi) is 3.38. The Morgan fingerprint density at radius 2 is 2.20 bits per heavy atom. The molecule has 0 aromatic heterocycles. The molecular weight excluding hydrogens is 259 g/mol. The molecule has 2 fully saturated rings. The maximum atomic E-state index is 13.8. The Labute approximate surface area is 117 Å². The summed E-state index contributed by atoms with van der Waals surface area (Å²) >= 11 is 0. The summed E-state index contributed by atoms with van der Waals surface area (Å²) in [7, 11) is 0. The second-order valence-corrected chi connectivity index (χ2v) is 5.73. The van der Waals surface area contributed by atoms with E-state index in [0.717, 1.165) is 25.9 Å². The van der Waals surface area contributed by atoms with Gasteiger partial charge in [-0.3, -0.25) is 9.69 Å². The highest BCUT2D eigenvalue weighted by atomic mass is 19.1. The number of carbonyl (C=O) groups is 1. The first-order chi connectivity index (χ1) is 9.58. The Bertz CT molecular complexity index is 514. The summed E-state index contributed by atoms with van der Waals surface area (Å²) in [6, 6.07) is 4.38. The number of phenolic OH excluding ortho intramolecular Hbond substituents is 1. The number of rotatable bonds is 1. The lowest BCUT2D eigenvalue weighted by Crippen LogP contribution is -2.56. The molecule has 1 amide bonds. The van der Waals surface area contributed by atoms with Crippen LogP contribution in [0.15, 0.2) is 18.2 Å². The van der Waals surface area contributed by atoms with Gasteiger partial charge < -0.3 is 10.0 Å². The van der Waals surface area contributed by atoms with Crippen molar-refractivity contribution < 1.29 is 14.3 Å². The van der Waals surface area contributed by atoms with Crippen LogP contribution in [0.1, 0.15) is 30.1 Å². The SMILES string of the molecule is CC1CN2CCCC2CN1C(=O)c1c(O)cccc1F. The molecule has 3 rings (SSSR count). The van der Waals surface area contributed by atoms with Crippen molar-refractivity contribution in [3.05, 3.63) is 29.6 Å². The number of amides is 1. The van der Waals surface area contributed by atoms with Crippen LogP contribution in [0.4, 0.5) is 4.39 Å². The molecule has 1 N–H and O–H groups in total. The molecule has 2 heterocycles. The molecule has 2 saturated heterocycles. The monoisotopic (exact) mass is 278 g/mol. The van der Waals surface area contributed by atoms with Crippen LogP contribution in [0.25, 0.3) is 0 Å². The van der Waals surface area contributed by atoms with Crippen LogP contribution >= 0.6 is 0 Å². The van der Waals surface area contributed by atoms with Gasteiger partial charge in [0, 0.05) is 25.2 Å². The third-order valence-electron chi connectivity index (χ3n) is 4.40. The average Bonchev–Trinajstić information content (AvgIpc) is 2.84. The summed E-state index contributed by atoms with van der Waals surface area (Å²) < 4.78 is 13.8. The molecule has 108 valence electrons. The molecule has 20 heavy (non-hydrogen) atoms.